The lowest BCUT2D eigenvalue weighted by molar-refractivity contribution is -0.481. The van der Waals surface area contributed by atoms with Crippen molar-refractivity contribution in [1.29, 1.82) is 0 Å². The van der Waals surface area contributed by atoms with Gasteiger partial charge in [-0.05, 0) is 73.3 Å². The summed E-state index contributed by atoms with van der Waals surface area (Å²) < 4.78 is 52.4. The third-order valence-electron chi connectivity index (χ3n) is 13.5. The topological polar surface area (TPSA) is 178 Å². The van der Waals surface area contributed by atoms with E-state index in [0.29, 0.717) is 32.2 Å². The summed E-state index contributed by atoms with van der Waals surface area (Å²) >= 11 is 0. The van der Waals surface area contributed by atoms with Crippen LogP contribution in [0.5, 0.6) is 0 Å². The van der Waals surface area contributed by atoms with Crippen LogP contribution in [-0.4, -0.2) is 154 Å². The van der Waals surface area contributed by atoms with E-state index in [1.165, 1.54) is 0 Å². The van der Waals surface area contributed by atoms with Crippen LogP contribution in [0, 0.1) is 23.7 Å². The number of fused-ring (bicyclic) bond motifs is 4. The number of hydrogen-bond donors (Lipinski definition) is 5. The Morgan fingerprint density at radius 2 is 1.57 bits per heavy atom. The molecule has 20 atom stereocenters. The van der Waals surface area contributed by atoms with Crippen LogP contribution < -0.4 is 0 Å². The summed E-state index contributed by atoms with van der Waals surface area (Å²) in [5.41, 5.74) is -3.37. The third-order valence-corrected chi connectivity index (χ3v) is 13.5. The van der Waals surface area contributed by atoms with Gasteiger partial charge in [0.05, 0.1) is 59.8 Å². The molecule has 0 aromatic carbocycles. The number of methoxy groups -OCH3 is 1. The van der Waals surface area contributed by atoms with Crippen molar-refractivity contribution < 1.29 is 63.4 Å². The maximum Gasteiger partial charge on any atom is 0.286 e. The molecule has 0 aromatic rings. The highest BCUT2D eigenvalue weighted by molar-refractivity contribution is 5.07. The molecule has 5 aliphatic rings. The van der Waals surface area contributed by atoms with Gasteiger partial charge in [0.15, 0.2) is 12.6 Å². The molecule has 53 heavy (non-hydrogen) atoms. The van der Waals surface area contributed by atoms with Gasteiger partial charge in [0, 0.05) is 44.6 Å². The highest BCUT2D eigenvalue weighted by Gasteiger charge is 2.64. The van der Waals surface area contributed by atoms with E-state index in [2.05, 4.69) is 6.92 Å². The van der Waals surface area contributed by atoms with Crippen molar-refractivity contribution in [2.24, 2.45) is 23.7 Å². The highest BCUT2D eigenvalue weighted by Crippen LogP contribution is 2.52. The van der Waals surface area contributed by atoms with Crippen LogP contribution in [0.3, 0.4) is 0 Å². The number of nitrogens with zero attached hydrogens (tertiary/aromatic N) is 1. The maximum atomic E-state index is 12.5. The lowest BCUT2D eigenvalue weighted by Gasteiger charge is -2.55. The first-order chi connectivity index (χ1) is 24.7. The first-order valence-corrected chi connectivity index (χ1v) is 20.0. The largest absolute Gasteiger partial charge is 0.396 e. The molecule has 5 fully saturated rings. The van der Waals surface area contributed by atoms with Gasteiger partial charge in [-0.1, -0.05) is 34.6 Å². The minimum Gasteiger partial charge on any atom is -0.396 e. The van der Waals surface area contributed by atoms with Crippen molar-refractivity contribution in [1.82, 2.24) is 4.90 Å². The lowest BCUT2D eigenvalue weighted by Crippen LogP contribution is -2.69. The Balaban J connectivity index is 1.60. The second-order valence-corrected chi connectivity index (χ2v) is 17.8. The van der Waals surface area contributed by atoms with Crippen LogP contribution in [0.2, 0.25) is 0 Å². The Hall–Kier alpha value is -0.560. The standard InChI is InChI=1S/C39H71NO13/c1-13-27-38(10,44)34-22(4)30-20(2)18-37(9,52-30)33(50-35-29(42)26(17-21(3)47-35)40(11)15-14-16-41)23(5)31(24(6)39(45,51-27)53-34)49-28-19-36(8,46-12)32(43)25(7)48-28/h20-35,41-45H,13-19H2,1-12H3/t20-,21+,22-,23-,24+,25?,26?,27+,28-,29?,30?,31-,32-,33+,34+,35-,36?,37+,38+,39-/m0/s1. The fraction of sp³-hybridized carbons (Fsp3) is 1.00. The molecule has 5 rings (SSSR count). The molecular weight excluding hydrogens is 690 g/mol. The summed E-state index contributed by atoms with van der Waals surface area (Å²) in [6.07, 6.45) is -5.99. The van der Waals surface area contributed by atoms with Gasteiger partial charge in [0.1, 0.15) is 17.8 Å². The molecule has 0 spiro atoms. The minimum atomic E-state index is -2.20. The minimum absolute atomic E-state index is 0.000145. The molecular formula is C39H71NO13. The molecule has 4 bridgehead atoms. The predicted molar refractivity (Wildman–Crippen MR) is 193 cm³/mol. The number of ether oxygens (including phenoxy) is 8. The van der Waals surface area contributed by atoms with Gasteiger partial charge in [-0.25, -0.2) is 0 Å². The summed E-state index contributed by atoms with van der Waals surface area (Å²) in [4.78, 5) is 2.04. The second kappa shape index (κ2) is 16.4. The van der Waals surface area contributed by atoms with Crippen LogP contribution in [-0.2, 0) is 37.9 Å². The van der Waals surface area contributed by atoms with E-state index in [9.17, 15) is 25.5 Å². The molecule has 0 saturated carbocycles. The van der Waals surface area contributed by atoms with Crippen molar-refractivity contribution in [3.05, 3.63) is 0 Å². The van der Waals surface area contributed by atoms with E-state index in [4.69, 9.17) is 37.9 Å². The van der Waals surface area contributed by atoms with E-state index < -0.39 is 89.9 Å². The highest BCUT2D eigenvalue weighted by atomic mass is 16.8. The van der Waals surface area contributed by atoms with Gasteiger partial charge in [0.2, 0.25) is 0 Å². The number of aliphatic hydroxyl groups is 5. The monoisotopic (exact) mass is 761 g/mol. The van der Waals surface area contributed by atoms with Crippen molar-refractivity contribution in [2.75, 3.05) is 27.3 Å². The molecule has 5 saturated heterocycles. The average Bonchev–Trinajstić information content (AvgIpc) is 3.42. The molecule has 5 heterocycles. The summed E-state index contributed by atoms with van der Waals surface area (Å²) in [6, 6.07) is -0.284. The van der Waals surface area contributed by atoms with Crippen LogP contribution in [0.25, 0.3) is 0 Å². The summed E-state index contributed by atoms with van der Waals surface area (Å²) in [7, 11) is 3.48. The van der Waals surface area contributed by atoms with Crippen LogP contribution >= 0.6 is 0 Å². The van der Waals surface area contributed by atoms with Crippen molar-refractivity contribution >= 4 is 0 Å². The zero-order valence-corrected chi connectivity index (χ0v) is 34.1. The SMILES string of the molecule is CC[C@H]1O[C@]2(O)O[C@H]([C@@H](C)C3O[C@](C)(C[C@@H]3C)[C@H](O[C@@H]3O[C@H](C)CC(N(C)CCCO)C3O)[C@@H](C)[C@H](O[C@H]3CC(C)(OC)[C@@H](O)C(C)O3)[C@H]2C)[C@]1(C)O. The molecule has 0 aliphatic carbocycles. The van der Waals surface area contributed by atoms with Gasteiger partial charge in [0.25, 0.3) is 5.97 Å². The van der Waals surface area contributed by atoms with Crippen LogP contribution in [0.1, 0.15) is 101 Å². The number of hydrogen-bond acceptors (Lipinski definition) is 14. The van der Waals surface area contributed by atoms with Gasteiger partial charge < -0.3 is 68.3 Å². The van der Waals surface area contributed by atoms with Crippen LogP contribution in [0.15, 0.2) is 0 Å². The molecule has 5 unspecified atom stereocenters. The third kappa shape index (κ3) is 8.25. The molecule has 5 N–H and O–H groups in total. The fourth-order valence-corrected chi connectivity index (χ4v) is 10.3. The Labute approximate surface area is 316 Å². The second-order valence-electron chi connectivity index (χ2n) is 17.8. The zero-order chi connectivity index (χ0) is 39.4. The maximum absolute atomic E-state index is 12.5. The smallest absolute Gasteiger partial charge is 0.286 e. The first-order valence-electron chi connectivity index (χ1n) is 20.0. The quantitative estimate of drug-likeness (QED) is 0.219. The molecule has 14 nitrogen and oxygen atoms in total. The van der Waals surface area contributed by atoms with E-state index in [1.54, 1.807) is 27.9 Å². The Morgan fingerprint density at radius 3 is 2.19 bits per heavy atom. The zero-order valence-electron chi connectivity index (χ0n) is 34.1. The van der Waals surface area contributed by atoms with Gasteiger partial charge in [-0.3, -0.25) is 0 Å². The van der Waals surface area contributed by atoms with E-state index in [0.717, 1.165) is 0 Å². The molecule has 14 heteroatoms. The van der Waals surface area contributed by atoms with E-state index in [-0.39, 0.29) is 43.1 Å². The van der Waals surface area contributed by atoms with E-state index in [1.807, 2.05) is 53.5 Å². The number of likely N-dealkylation sites (N-methyl/N-ethyl adjacent to an activating group) is 1. The lowest BCUT2D eigenvalue weighted by atomic mass is 9.74. The fourth-order valence-electron chi connectivity index (χ4n) is 10.3. The van der Waals surface area contributed by atoms with Crippen LogP contribution in [0.4, 0.5) is 0 Å². The Morgan fingerprint density at radius 1 is 0.887 bits per heavy atom. The van der Waals surface area contributed by atoms with Crippen molar-refractivity contribution in [3.63, 3.8) is 0 Å². The summed E-state index contributed by atoms with van der Waals surface area (Å²) in [6.45, 7) is 19.7. The van der Waals surface area contributed by atoms with Gasteiger partial charge >= 0.3 is 0 Å². The number of aliphatic hydroxyl groups excluding tert-OH is 3. The van der Waals surface area contributed by atoms with Crippen molar-refractivity contribution in [3.8, 4) is 0 Å². The summed E-state index contributed by atoms with van der Waals surface area (Å²) in [5, 5.41) is 56.9. The normalized spacial score (nSPS) is 53.8. The molecule has 310 valence electrons. The first kappa shape index (κ1) is 43.6. The van der Waals surface area contributed by atoms with E-state index >= 15 is 0 Å². The Kier molecular flexibility index (Phi) is 13.4. The summed E-state index contributed by atoms with van der Waals surface area (Å²) in [5.74, 6) is -4.02. The molecule has 0 amide bonds. The van der Waals surface area contributed by atoms with Crippen molar-refractivity contribution in [2.45, 2.75) is 198 Å². The number of rotatable bonds is 10. The Bertz CT molecular complexity index is 1210. The molecule has 5 aliphatic heterocycles. The van der Waals surface area contributed by atoms with Gasteiger partial charge in [-0.2, -0.15) is 0 Å². The van der Waals surface area contributed by atoms with Gasteiger partial charge in [-0.15, -0.1) is 0 Å². The average molecular weight is 762 g/mol. The molecule has 0 radical (unpaired) electrons. The molecule has 0 aromatic heterocycles. The predicted octanol–water partition coefficient (Wildman–Crippen LogP) is 2.53.